The van der Waals surface area contributed by atoms with Gasteiger partial charge in [0.05, 0.1) is 17.6 Å². The second kappa shape index (κ2) is 7.11. The molecule has 28 heavy (non-hydrogen) atoms. The first-order chi connectivity index (χ1) is 13.2. The van der Waals surface area contributed by atoms with Crippen molar-refractivity contribution in [1.82, 2.24) is 9.55 Å². The van der Waals surface area contributed by atoms with Gasteiger partial charge in [0, 0.05) is 24.2 Å². The van der Waals surface area contributed by atoms with Crippen LogP contribution >= 0.6 is 0 Å². The van der Waals surface area contributed by atoms with Crippen LogP contribution in [0, 0.1) is 17.0 Å². The van der Waals surface area contributed by atoms with Gasteiger partial charge in [-0.15, -0.1) is 0 Å². The third kappa shape index (κ3) is 3.05. The van der Waals surface area contributed by atoms with Gasteiger partial charge in [0.1, 0.15) is 11.7 Å². The Morgan fingerprint density at radius 2 is 2.11 bits per heavy atom. The number of para-hydroxylation sites is 1. The lowest BCUT2D eigenvalue weighted by atomic mass is 9.95. The Kier molecular flexibility index (Phi) is 4.98. The van der Waals surface area contributed by atoms with E-state index in [1.54, 1.807) is 0 Å². The van der Waals surface area contributed by atoms with E-state index >= 15 is 0 Å². The maximum atomic E-state index is 13.4. The predicted octanol–water partition coefficient (Wildman–Crippen LogP) is -0.569. The number of carbonyl (C=O) groups is 1. The molecular formula is C17H17N3O8. The molecule has 0 unspecified atom stereocenters. The van der Waals surface area contributed by atoms with Crippen LogP contribution in [-0.2, 0) is 10.5 Å². The van der Waals surface area contributed by atoms with Crippen molar-refractivity contribution in [3.63, 3.8) is 0 Å². The van der Waals surface area contributed by atoms with Crippen molar-refractivity contribution in [2.45, 2.75) is 31.3 Å². The van der Waals surface area contributed by atoms with Crippen molar-refractivity contribution in [2.24, 2.45) is 0 Å². The summed E-state index contributed by atoms with van der Waals surface area (Å²) in [5, 5.41) is 31.0. The molecule has 0 saturated carbocycles. The second-order valence-electron chi connectivity index (χ2n) is 6.44. The number of ketones is 1. The number of nitrogens with one attached hydrogen (secondary N) is 1. The smallest absolute Gasteiger partial charge is 0.331 e. The first-order valence-corrected chi connectivity index (χ1v) is 8.29. The molecule has 11 nitrogen and oxygen atoms in total. The third-order valence-corrected chi connectivity index (χ3v) is 4.65. The highest BCUT2D eigenvalue weighted by Gasteiger charge is 2.54. The Bertz CT molecular complexity index is 1060. The summed E-state index contributed by atoms with van der Waals surface area (Å²) in [5.41, 5.74) is -4.61. The summed E-state index contributed by atoms with van der Waals surface area (Å²) in [6.45, 7) is 0.747. The van der Waals surface area contributed by atoms with Crippen LogP contribution in [0.1, 0.15) is 22.3 Å². The lowest BCUT2D eigenvalue weighted by Gasteiger charge is -2.29. The second-order valence-corrected chi connectivity index (χ2v) is 6.44. The summed E-state index contributed by atoms with van der Waals surface area (Å²) in [7, 11) is 0. The van der Waals surface area contributed by atoms with E-state index in [4.69, 9.17) is 4.74 Å². The molecule has 1 aromatic heterocycles. The molecule has 3 rings (SSSR count). The number of nitro groups is 1. The lowest BCUT2D eigenvalue weighted by molar-refractivity contribution is -0.385. The number of aromatic nitrogens is 2. The SMILES string of the molecule is Cc1cn([C@@]2(C(=O)c3ccccc3[N+](=O)[O-])C[C@H](O)[C@@H](CO)O2)c(=O)[nH]c1=O. The molecule has 1 aromatic carbocycles. The molecule has 0 radical (unpaired) electrons. The summed E-state index contributed by atoms with van der Waals surface area (Å²) in [4.78, 5) is 50.1. The molecule has 0 aliphatic carbocycles. The van der Waals surface area contributed by atoms with Crippen LogP contribution in [0.5, 0.6) is 0 Å². The molecule has 0 bridgehead atoms. The highest BCUT2D eigenvalue weighted by Crippen LogP contribution is 2.38. The number of aryl methyl sites for hydroxylation is 1. The molecule has 0 amide bonds. The van der Waals surface area contributed by atoms with E-state index in [1.807, 2.05) is 4.98 Å². The highest BCUT2D eigenvalue weighted by molar-refractivity contribution is 6.04. The zero-order valence-corrected chi connectivity index (χ0v) is 14.7. The standard InChI is InChI=1S/C17H17N3O8/c1-9-7-19(16(25)18-15(9)24)17(6-12(22)13(8-21)28-17)14(23)10-4-2-3-5-11(10)20(26)27/h2-5,7,12-13,21-22H,6,8H2,1H3,(H,18,24,25)/t12-,13+,17-/m0/s1. The number of benzene rings is 1. The van der Waals surface area contributed by atoms with Crippen molar-refractivity contribution >= 4 is 11.5 Å². The number of H-pyrrole nitrogens is 1. The normalized spacial score (nSPS) is 24.2. The molecule has 1 fully saturated rings. The van der Waals surface area contributed by atoms with Crippen LogP contribution in [0.2, 0.25) is 0 Å². The fraction of sp³-hybridized carbons (Fsp3) is 0.353. The topological polar surface area (TPSA) is 165 Å². The monoisotopic (exact) mass is 391 g/mol. The highest BCUT2D eigenvalue weighted by atomic mass is 16.6. The first-order valence-electron chi connectivity index (χ1n) is 8.29. The molecule has 0 spiro atoms. The number of aromatic amines is 1. The van der Waals surface area contributed by atoms with Gasteiger partial charge in [0.2, 0.25) is 11.5 Å². The number of aliphatic hydroxyl groups excluding tert-OH is 2. The van der Waals surface area contributed by atoms with Gasteiger partial charge < -0.3 is 14.9 Å². The Morgan fingerprint density at radius 1 is 1.43 bits per heavy atom. The fourth-order valence-corrected chi connectivity index (χ4v) is 3.23. The molecule has 1 saturated heterocycles. The molecule has 1 aliphatic heterocycles. The lowest BCUT2D eigenvalue weighted by Crippen LogP contribution is -2.50. The maximum Gasteiger partial charge on any atom is 0.331 e. The van der Waals surface area contributed by atoms with E-state index in [-0.39, 0.29) is 11.1 Å². The van der Waals surface area contributed by atoms with E-state index in [1.165, 1.54) is 25.1 Å². The summed E-state index contributed by atoms with van der Waals surface area (Å²) in [5.74, 6) is -0.955. The minimum Gasteiger partial charge on any atom is -0.394 e. The number of Topliss-reactive ketones (excluding diaryl/α,β-unsaturated/α-hetero) is 1. The Hall–Kier alpha value is -3.15. The van der Waals surface area contributed by atoms with Gasteiger partial charge in [-0.1, -0.05) is 12.1 Å². The number of hydrogen-bond acceptors (Lipinski definition) is 8. The molecule has 2 aromatic rings. The summed E-state index contributed by atoms with van der Waals surface area (Å²) >= 11 is 0. The minimum absolute atomic E-state index is 0.0832. The minimum atomic E-state index is -2.18. The number of ether oxygens (including phenoxy) is 1. The average molecular weight is 391 g/mol. The molecule has 11 heteroatoms. The van der Waals surface area contributed by atoms with E-state index in [0.29, 0.717) is 0 Å². The quantitative estimate of drug-likeness (QED) is 0.346. The van der Waals surface area contributed by atoms with Gasteiger partial charge in [0.25, 0.3) is 11.2 Å². The van der Waals surface area contributed by atoms with Gasteiger partial charge in [-0.2, -0.15) is 0 Å². The number of nitrogens with zero attached hydrogens (tertiary/aromatic N) is 2. The zero-order valence-electron chi connectivity index (χ0n) is 14.7. The number of hydrogen-bond donors (Lipinski definition) is 3. The maximum absolute atomic E-state index is 13.4. The van der Waals surface area contributed by atoms with E-state index in [0.717, 1.165) is 16.8 Å². The molecule has 3 atom stereocenters. The predicted molar refractivity (Wildman–Crippen MR) is 94.0 cm³/mol. The average Bonchev–Trinajstić information content (AvgIpc) is 3.01. The number of carbonyl (C=O) groups excluding carboxylic acids is 1. The summed E-state index contributed by atoms with van der Waals surface area (Å²) in [6, 6.07) is 5.10. The van der Waals surface area contributed by atoms with Crippen molar-refractivity contribution in [2.75, 3.05) is 6.61 Å². The van der Waals surface area contributed by atoms with Crippen LogP contribution in [0.3, 0.4) is 0 Å². The zero-order chi connectivity index (χ0) is 20.6. The van der Waals surface area contributed by atoms with Crippen molar-refractivity contribution in [3.05, 3.63) is 72.5 Å². The summed E-state index contributed by atoms with van der Waals surface area (Å²) in [6.07, 6.45) is -1.89. The van der Waals surface area contributed by atoms with Crippen molar-refractivity contribution in [1.29, 1.82) is 0 Å². The van der Waals surface area contributed by atoms with Gasteiger partial charge in [-0.3, -0.25) is 29.3 Å². The van der Waals surface area contributed by atoms with Gasteiger partial charge in [-0.25, -0.2) is 4.79 Å². The van der Waals surface area contributed by atoms with E-state index < -0.39 is 58.6 Å². The van der Waals surface area contributed by atoms with Crippen LogP contribution in [0.4, 0.5) is 5.69 Å². The Balaban J connectivity index is 2.27. The third-order valence-electron chi connectivity index (χ3n) is 4.65. The molecule has 2 heterocycles. The van der Waals surface area contributed by atoms with Crippen LogP contribution in [0.15, 0.2) is 40.1 Å². The van der Waals surface area contributed by atoms with Crippen molar-refractivity contribution < 1.29 is 24.7 Å². The molecule has 3 N–H and O–H groups in total. The van der Waals surface area contributed by atoms with Gasteiger partial charge in [0.15, 0.2) is 0 Å². The number of rotatable bonds is 5. The molecular weight excluding hydrogens is 374 g/mol. The summed E-state index contributed by atoms with van der Waals surface area (Å²) < 4.78 is 6.39. The fourth-order valence-electron chi connectivity index (χ4n) is 3.23. The van der Waals surface area contributed by atoms with Crippen LogP contribution < -0.4 is 11.2 Å². The first kappa shape index (κ1) is 19.6. The van der Waals surface area contributed by atoms with E-state index in [2.05, 4.69) is 0 Å². The Morgan fingerprint density at radius 3 is 2.71 bits per heavy atom. The van der Waals surface area contributed by atoms with Crippen molar-refractivity contribution in [3.8, 4) is 0 Å². The van der Waals surface area contributed by atoms with Crippen LogP contribution in [-0.4, -0.2) is 49.3 Å². The number of nitro benzene ring substituents is 1. The van der Waals surface area contributed by atoms with E-state index in [9.17, 15) is 34.7 Å². The largest absolute Gasteiger partial charge is 0.394 e. The van der Waals surface area contributed by atoms with Crippen LogP contribution in [0.25, 0.3) is 0 Å². The number of aliphatic hydroxyl groups is 2. The van der Waals surface area contributed by atoms with Gasteiger partial charge >= 0.3 is 5.69 Å². The van der Waals surface area contributed by atoms with Gasteiger partial charge in [-0.05, 0) is 13.0 Å². The molecule has 1 aliphatic rings. The molecule has 148 valence electrons. The Labute approximate surface area is 157 Å².